The predicted octanol–water partition coefficient (Wildman–Crippen LogP) is 1.77. The highest BCUT2D eigenvalue weighted by Gasteiger charge is 2.23. The average molecular weight is 311 g/mol. The number of carboxylic acids is 1. The van der Waals surface area contributed by atoms with E-state index in [0.717, 1.165) is 18.5 Å². The first-order valence-corrected chi connectivity index (χ1v) is 7.52. The summed E-state index contributed by atoms with van der Waals surface area (Å²) in [5, 5.41) is 15.9. The first-order chi connectivity index (χ1) is 10.5. The molecular formula is C15H25N3O4. The molecule has 1 aromatic rings. The Morgan fingerprint density at radius 2 is 2.05 bits per heavy atom. The van der Waals surface area contributed by atoms with Crippen LogP contribution in [0, 0.1) is 6.92 Å². The number of hydrogen-bond acceptors (Lipinski definition) is 4. The normalized spacial score (nSPS) is 12.4. The zero-order valence-electron chi connectivity index (χ0n) is 13.6. The molecule has 0 bridgehead atoms. The maximum atomic E-state index is 12.3. The van der Waals surface area contributed by atoms with E-state index >= 15 is 0 Å². The Balaban J connectivity index is 2.87. The average Bonchev–Trinajstić information content (AvgIpc) is 2.86. The number of hydrogen-bond donors (Lipinski definition) is 2. The zero-order valence-corrected chi connectivity index (χ0v) is 13.6. The van der Waals surface area contributed by atoms with Crippen LogP contribution in [0.1, 0.15) is 55.2 Å². The summed E-state index contributed by atoms with van der Waals surface area (Å²) in [7, 11) is 1.49. The molecule has 2 N–H and O–H groups in total. The Kier molecular flexibility index (Phi) is 7.04. The van der Waals surface area contributed by atoms with Crippen molar-refractivity contribution in [3.8, 4) is 0 Å². The lowest BCUT2D eigenvalue weighted by Gasteiger charge is -2.16. The van der Waals surface area contributed by atoms with Crippen molar-refractivity contribution in [1.82, 2.24) is 15.1 Å². The third kappa shape index (κ3) is 4.30. The summed E-state index contributed by atoms with van der Waals surface area (Å²) in [4.78, 5) is 23.5. The first-order valence-electron chi connectivity index (χ1n) is 7.52. The number of methoxy groups -OCH3 is 1. The quantitative estimate of drug-likeness (QED) is 0.725. The minimum absolute atomic E-state index is 0.220. The van der Waals surface area contributed by atoms with Crippen LogP contribution in [0.25, 0.3) is 0 Å². The number of aliphatic carboxylic acids is 1. The molecule has 7 nitrogen and oxygen atoms in total. The number of carbonyl (C=O) groups excluding carboxylic acids is 1. The summed E-state index contributed by atoms with van der Waals surface area (Å²) in [6, 6.07) is -0.728. The predicted molar refractivity (Wildman–Crippen MR) is 82.0 cm³/mol. The van der Waals surface area contributed by atoms with Gasteiger partial charge in [-0.25, -0.2) is 4.79 Å². The largest absolute Gasteiger partial charge is 0.480 e. The summed E-state index contributed by atoms with van der Waals surface area (Å²) in [6.07, 6.45) is 3.56. The molecule has 1 amide bonds. The standard InChI is InChI=1S/C15H25N3O4/c1-5-11(6-2)18-10(3)12(9-16-18)14(19)17-13(15(20)21)7-8-22-4/h9,11,13H,5-8H2,1-4H3,(H,17,19)(H,20,21). The molecule has 1 unspecified atom stereocenters. The van der Waals surface area contributed by atoms with Gasteiger partial charge in [0.2, 0.25) is 0 Å². The van der Waals surface area contributed by atoms with Gasteiger partial charge < -0.3 is 15.2 Å². The number of nitrogens with zero attached hydrogens (tertiary/aromatic N) is 2. The lowest BCUT2D eigenvalue weighted by Crippen LogP contribution is -2.41. The maximum absolute atomic E-state index is 12.3. The van der Waals surface area contributed by atoms with Crippen molar-refractivity contribution >= 4 is 11.9 Å². The number of nitrogens with one attached hydrogen (secondary N) is 1. The number of rotatable bonds is 9. The SMILES string of the molecule is CCC(CC)n1ncc(C(=O)NC(CCOC)C(=O)O)c1C. The minimum Gasteiger partial charge on any atom is -0.480 e. The number of carboxylic acid groups (broad SMARTS) is 1. The molecule has 1 rings (SSSR count). The minimum atomic E-state index is -1.07. The second kappa shape index (κ2) is 8.53. The topological polar surface area (TPSA) is 93.5 Å². The molecule has 0 fully saturated rings. The molecule has 0 spiro atoms. The highest BCUT2D eigenvalue weighted by molar-refractivity contribution is 5.97. The van der Waals surface area contributed by atoms with Gasteiger partial charge in [-0.2, -0.15) is 5.10 Å². The fourth-order valence-corrected chi connectivity index (χ4v) is 2.38. The van der Waals surface area contributed by atoms with Gasteiger partial charge in [0.25, 0.3) is 5.91 Å². The molecule has 1 aromatic heterocycles. The van der Waals surface area contributed by atoms with Gasteiger partial charge in [-0.15, -0.1) is 0 Å². The third-order valence-corrected chi connectivity index (χ3v) is 3.79. The molecule has 1 heterocycles. The number of amides is 1. The van der Waals surface area contributed by atoms with Gasteiger partial charge in [0.05, 0.1) is 17.8 Å². The van der Waals surface area contributed by atoms with Crippen LogP contribution >= 0.6 is 0 Å². The maximum Gasteiger partial charge on any atom is 0.326 e. The van der Waals surface area contributed by atoms with Gasteiger partial charge in [-0.1, -0.05) is 13.8 Å². The second-order valence-corrected chi connectivity index (χ2v) is 5.20. The second-order valence-electron chi connectivity index (χ2n) is 5.20. The van der Waals surface area contributed by atoms with Crippen molar-refractivity contribution in [2.24, 2.45) is 0 Å². The van der Waals surface area contributed by atoms with Crippen LogP contribution in [0.3, 0.4) is 0 Å². The smallest absolute Gasteiger partial charge is 0.326 e. The number of aromatic nitrogens is 2. The molecule has 124 valence electrons. The van der Waals surface area contributed by atoms with E-state index in [1.165, 1.54) is 13.3 Å². The van der Waals surface area contributed by atoms with Gasteiger partial charge in [0, 0.05) is 25.8 Å². The van der Waals surface area contributed by atoms with Crippen LogP contribution in [0.15, 0.2) is 6.20 Å². The summed E-state index contributed by atoms with van der Waals surface area (Å²) in [5.41, 5.74) is 1.16. The van der Waals surface area contributed by atoms with Crippen molar-refractivity contribution in [1.29, 1.82) is 0 Å². The van der Waals surface area contributed by atoms with Gasteiger partial charge in [0.15, 0.2) is 0 Å². The molecule has 0 aliphatic rings. The fourth-order valence-electron chi connectivity index (χ4n) is 2.38. The number of ether oxygens (including phenoxy) is 1. The third-order valence-electron chi connectivity index (χ3n) is 3.79. The summed E-state index contributed by atoms with van der Waals surface area (Å²) < 4.78 is 6.70. The van der Waals surface area contributed by atoms with Crippen molar-refractivity contribution in [2.45, 2.75) is 52.1 Å². The van der Waals surface area contributed by atoms with Gasteiger partial charge in [0.1, 0.15) is 6.04 Å². The van der Waals surface area contributed by atoms with Crippen LogP contribution in [-0.4, -0.2) is 46.5 Å². The molecule has 0 aliphatic carbocycles. The Morgan fingerprint density at radius 1 is 1.41 bits per heavy atom. The highest BCUT2D eigenvalue weighted by Crippen LogP contribution is 2.19. The van der Waals surface area contributed by atoms with E-state index in [9.17, 15) is 9.59 Å². The highest BCUT2D eigenvalue weighted by atomic mass is 16.5. The Hall–Kier alpha value is -1.89. The van der Waals surface area contributed by atoms with Crippen LogP contribution in [0.2, 0.25) is 0 Å². The van der Waals surface area contributed by atoms with Crippen LogP contribution < -0.4 is 5.32 Å². The van der Waals surface area contributed by atoms with Crippen LogP contribution in [0.4, 0.5) is 0 Å². The lowest BCUT2D eigenvalue weighted by molar-refractivity contribution is -0.139. The van der Waals surface area contributed by atoms with E-state index in [-0.39, 0.29) is 19.1 Å². The molecule has 0 radical (unpaired) electrons. The molecule has 1 atom stereocenters. The van der Waals surface area contributed by atoms with Gasteiger partial charge in [-0.3, -0.25) is 9.48 Å². The van der Waals surface area contributed by atoms with Crippen molar-refractivity contribution < 1.29 is 19.4 Å². The first kappa shape index (κ1) is 18.2. The van der Waals surface area contributed by atoms with Crippen molar-refractivity contribution in [3.63, 3.8) is 0 Å². The van der Waals surface area contributed by atoms with E-state index in [4.69, 9.17) is 9.84 Å². The van der Waals surface area contributed by atoms with E-state index in [2.05, 4.69) is 24.3 Å². The number of carbonyl (C=O) groups is 2. The van der Waals surface area contributed by atoms with Crippen molar-refractivity contribution in [2.75, 3.05) is 13.7 Å². The summed E-state index contributed by atoms with van der Waals surface area (Å²) in [5.74, 6) is -1.49. The zero-order chi connectivity index (χ0) is 16.7. The van der Waals surface area contributed by atoms with Crippen molar-refractivity contribution in [3.05, 3.63) is 17.5 Å². The molecule has 22 heavy (non-hydrogen) atoms. The van der Waals surface area contributed by atoms with E-state index in [1.807, 2.05) is 11.6 Å². The molecular weight excluding hydrogens is 286 g/mol. The summed E-state index contributed by atoms with van der Waals surface area (Å²) in [6.45, 7) is 6.23. The van der Waals surface area contributed by atoms with Crippen LogP contribution in [0.5, 0.6) is 0 Å². The summed E-state index contributed by atoms with van der Waals surface area (Å²) >= 11 is 0. The molecule has 0 saturated heterocycles. The Morgan fingerprint density at radius 3 is 2.55 bits per heavy atom. The lowest BCUT2D eigenvalue weighted by atomic mass is 10.1. The van der Waals surface area contributed by atoms with Gasteiger partial charge >= 0.3 is 5.97 Å². The van der Waals surface area contributed by atoms with E-state index < -0.39 is 17.9 Å². The Bertz CT molecular complexity index is 509. The van der Waals surface area contributed by atoms with E-state index in [1.54, 1.807) is 0 Å². The molecule has 7 heteroatoms. The molecule has 0 aromatic carbocycles. The molecule has 0 saturated carbocycles. The monoisotopic (exact) mass is 311 g/mol. The van der Waals surface area contributed by atoms with Gasteiger partial charge in [-0.05, 0) is 19.8 Å². The van der Waals surface area contributed by atoms with Crippen LogP contribution in [-0.2, 0) is 9.53 Å². The molecule has 0 aliphatic heterocycles. The fraction of sp³-hybridized carbons (Fsp3) is 0.667. The van der Waals surface area contributed by atoms with E-state index in [0.29, 0.717) is 5.56 Å². The Labute approximate surface area is 130 Å².